The third-order valence-corrected chi connectivity index (χ3v) is 5.72. The lowest BCUT2D eigenvalue weighted by Crippen LogP contribution is -2.52. The van der Waals surface area contributed by atoms with E-state index in [1.807, 2.05) is 57.2 Å². The maximum atomic E-state index is 11.0. The predicted molar refractivity (Wildman–Crippen MR) is 114 cm³/mol. The Morgan fingerprint density at radius 2 is 1.90 bits per heavy atom. The van der Waals surface area contributed by atoms with Gasteiger partial charge in [-0.25, -0.2) is 0 Å². The normalized spacial score (nSPS) is 20.3. The first-order valence-electron chi connectivity index (χ1n) is 10.1. The monoisotopic (exact) mass is 392 g/mol. The molecule has 0 saturated heterocycles. The van der Waals surface area contributed by atoms with Gasteiger partial charge in [0.1, 0.15) is 17.5 Å². The topological polar surface area (TPSA) is 74.6 Å². The van der Waals surface area contributed by atoms with Gasteiger partial charge < -0.3 is 20.3 Å². The molecule has 5 nitrogen and oxygen atoms in total. The Morgan fingerprint density at radius 1 is 1.14 bits per heavy atom. The van der Waals surface area contributed by atoms with Gasteiger partial charge in [0.2, 0.25) is 0 Å². The molecule has 3 N–H and O–H groups in total. The molecule has 3 aromatic rings. The highest BCUT2D eigenvalue weighted by atomic mass is 16.5. The SMILES string of the molecule is Cc1cc(CO)nc2cc3c(cc12)OC(C)(C)[C@H](O)C3NCCc1ccccc1. The standard InChI is InChI=1S/C24H28N2O3/c1-15-11-17(14-27)26-20-12-19-21(13-18(15)20)29-24(2,3)23(28)22(19)25-10-9-16-7-5-4-6-8-16/h4-8,11-13,22-23,25,27-28H,9-10,14H2,1-3H3/t22?,23-/m1/s1. The number of benzene rings is 2. The predicted octanol–water partition coefficient (Wildman–Crippen LogP) is 3.44. The van der Waals surface area contributed by atoms with Crippen LogP contribution < -0.4 is 10.1 Å². The minimum atomic E-state index is -0.711. The number of aliphatic hydroxyl groups is 2. The number of fused-ring (bicyclic) bond motifs is 2. The lowest BCUT2D eigenvalue weighted by atomic mass is 9.85. The highest BCUT2D eigenvalue weighted by molar-refractivity contribution is 5.85. The first-order chi connectivity index (χ1) is 13.9. The molecule has 1 aromatic heterocycles. The molecule has 4 rings (SSSR count). The molecule has 1 aliphatic rings. The third-order valence-electron chi connectivity index (χ3n) is 5.72. The molecule has 29 heavy (non-hydrogen) atoms. The van der Waals surface area contributed by atoms with E-state index in [0.717, 1.165) is 40.7 Å². The first-order valence-corrected chi connectivity index (χ1v) is 10.1. The number of aliphatic hydroxyl groups excluding tert-OH is 2. The average Bonchev–Trinajstić information content (AvgIpc) is 2.70. The van der Waals surface area contributed by atoms with E-state index in [4.69, 9.17) is 4.74 Å². The minimum Gasteiger partial charge on any atom is -0.485 e. The first kappa shape index (κ1) is 19.8. The molecule has 0 amide bonds. The second kappa shape index (κ2) is 7.75. The van der Waals surface area contributed by atoms with Crippen molar-refractivity contribution in [2.45, 2.75) is 51.5 Å². The van der Waals surface area contributed by atoms with Gasteiger partial charge in [-0.2, -0.15) is 0 Å². The number of pyridine rings is 1. The maximum Gasteiger partial charge on any atom is 0.131 e. The number of aryl methyl sites for hydroxylation is 1. The molecule has 0 saturated carbocycles. The van der Waals surface area contributed by atoms with Gasteiger partial charge >= 0.3 is 0 Å². The van der Waals surface area contributed by atoms with Crippen LogP contribution in [0.2, 0.25) is 0 Å². The summed E-state index contributed by atoms with van der Waals surface area (Å²) in [7, 11) is 0. The van der Waals surface area contributed by atoms with E-state index in [0.29, 0.717) is 5.69 Å². The number of hydrogen-bond donors (Lipinski definition) is 3. The molecular weight excluding hydrogens is 364 g/mol. The zero-order valence-corrected chi connectivity index (χ0v) is 17.1. The second-order valence-electron chi connectivity index (χ2n) is 8.31. The van der Waals surface area contributed by atoms with Crippen molar-refractivity contribution in [1.29, 1.82) is 0 Å². The number of nitrogens with one attached hydrogen (secondary N) is 1. The van der Waals surface area contributed by atoms with Crippen LogP contribution in [-0.2, 0) is 13.0 Å². The number of rotatable bonds is 5. The van der Waals surface area contributed by atoms with Crippen molar-refractivity contribution in [3.8, 4) is 5.75 Å². The van der Waals surface area contributed by atoms with Gasteiger partial charge in [0, 0.05) is 10.9 Å². The Morgan fingerprint density at radius 3 is 2.62 bits per heavy atom. The Bertz CT molecular complexity index is 1020. The van der Waals surface area contributed by atoms with Crippen molar-refractivity contribution in [3.05, 3.63) is 70.9 Å². The number of hydrogen-bond acceptors (Lipinski definition) is 5. The third kappa shape index (κ3) is 3.86. The van der Waals surface area contributed by atoms with Gasteiger partial charge in [-0.3, -0.25) is 4.98 Å². The number of aromatic nitrogens is 1. The summed E-state index contributed by atoms with van der Waals surface area (Å²) in [5.74, 6) is 0.770. The van der Waals surface area contributed by atoms with Crippen LogP contribution in [0.1, 0.15) is 42.3 Å². The Kier molecular flexibility index (Phi) is 5.30. The minimum absolute atomic E-state index is 0.0984. The summed E-state index contributed by atoms with van der Waals surface area (Å²) in [6.45, 7) is 6.47. The number of nitrogens with zero attached hydrogens (tertiary/aromatic N) is 1. The van der Waals surface area contributed by atoms with Crippen molar-refractivity contribution >= 4 is 10.9 Å². The molecule has 2 atom stereocenters. The molecule has 1 unspecified atom stereocenters. The van der Waals surface area contributed by atoms with Gasteiger partial charge in [-0.05, 0) is 63.1 Å². The van der Waals surface area contributed by atoms with E-state index in [2.05, 4.69) is 22.4 Å². The van der Waals surface area contributed by atoms with Gasteiger partial charge in [-0.1, -0.05) is 30.3 Å². The fraction of sp³-hybridized carbons (Fsp3) is 0.375. The van der Waals surface area contributed by atoms with E-state index in [-0.39, 0.29) is 12.6 Å². The summed E-state index contributed by atoms with van der Waals surface area (Å²) in [4.78, 5) is 4.57. The fourth-order valence-corrected chi connectivity index (χ4v) is 4.07. The van der Waals surface area contributed by atoms with Crippen LogP contribution in [0, 0.1) is 6.92 Å². The van der Waals surface area contributed by atoms with Crippen LogP contribution in [0.4, 0.5) is 0 Å². The number of ether oxygens (including phenoxy) is 1. The van der Waals surface area contributed by atoms with Crippen molar-refractivity contribution in [2.75, 3.05) is 6.54 Å². The largest absolute Gasteiger partial charge is 0.485 e. The van der Waals surface area contributed by atoms with Crippen LogP contribution in [0.3, 0.4) is 0 Å². The molecule has 1 aliphatic heterocycles. The zero-order valence-electron chi connectivity index (χ0n) is 17.1. The molecule has 0 radical (unpaired) electrons. The smallest absolute Gasteiger partial charge is 0.131 e. The van der Waals surface area contributed by atoms with E-state index >= 15 is 0 Å². The molecule has 2 heterocycles. The van der Waals surface area contributed by atoms with Crippen LogP contribution in [0.15, 0.2) is 48.5 Å². The fourth-order valence-electron chi connectivity index (χ4n) is 4.07. The summed E-state index contributed by atoms with van der Waals surface area (Å²) in [5, 5.41) is 25.1. The molecule has 0 spiro atoms. The Hall–Kier alpha value is -2.47. The molecule has 2 aromatic carbocycles. The van der Waals surface area contributed by atoms with E-state index in [1.54, 1.807) is 0 Å². The maximum absolute atomic E-state index is 11.0. The van der Waals surface area contributed by atoms with Gasteiger partial charge in [0.15, 0.2) is 0 Å². The summed E-state index contributed by atoms with van der Waals surface area (Å²) in [6.07, 6.45) is 0.172. The molecule has 5 heteroatoms. The summed E-state index contributed by atoms with van der Waals surface area (Å²) >= 11 is 0. The summed E-state index contributed by atoms with van der Waals surface area (Å²) in [5.41, 5.74) is 3.93. The quantitative estimate of drug-likeness (QED) is 0.620. The highest BCUT2D eigenvalue weighted by Gasteiger charge is 2.42. The van der Waals surface area contributed by atoms with E-state index in [9.17, 15) is 10.2 Å². The van der Waals surface area contributed by atoms with Crippen LogP contribution in [0.25, 0.3) is 10.9 Å². The van der Waals surface area contributed by atoms with Crippen molar-refractivity contribution in [3.63, 3.8) is 0 Å². The van der Waals surface area contributed by atoms with Crippen molar-refractivity contribution in [2.24, 2.45) is 0 Å². The van der Waals surface area contributed by atoms with Crippen LogP contribution in [0.5, 0.6) is 5.75 Å². The Balaban J connectivity index is 1.69. The highest BCUT2D eigenvalue weighted by Crippen LogP contribution is 2.42. The van der Waals surface area contributed by atoms with E-state index < -0.39 is 11.7 Å². The van der Waals surface area contributed by atoms with Crippen LogP contribution in [-0.4, -0.2) is 33.4 Å². The lowest BCUT2D eigenvalue weighted by Gasteiger charge is -2.42. The molecule has 0 fully saturated rings. The van der Waals surface area contributed by atoms with Gasteiger partial charge in [0.05, 0.1) is 23.9 Å². The van der Waals surface area contributed by atoms with Crippen molar-refractivity contribution in [1.82, 2.24) is 10.3 Å². The van der Waals surface area contributed by atoms with Crippen LogP contribution >= 0.6 is 0 Å². The summed E-state index contributed by atoms with van der Waals surface area (Å²) in [6, 6.07) is 15.9. The van der Waals surface area contributed by atoms with Gasteiger partial charge in [-0.15, -0.1) is 0 Å². The van der Waals surface area contributed by atoms with E-state index in [1.165, 1.54) is 5.56 Å². The zero-order chi connectivity index (χ0) is 20.6. The lowest BCUT2D eigenvalue weighted by molar-refractivity contribution is -0.0642. The molecule has 152 valence electrons. The second-order valence-corrected chi connectivity index (χ2v) is 8.31. The molecule has 0 bridgehead atoms. The summed E-state index contributed by atoms with van der Waals surface area (Å²) < 4.78 is 6.18. The average molecular weight is 392 g/mol. The molecular formula is C24H28N2O3. The Labute approximate surface area is 171 Å². The molecule has 0 aliphatic carbocycles. The van der Waals surface area contributed by atoms with Gasteiger partial charge in [0.25, 0.3) is 0 Å². The van der Waals surface area contributed by atoms with Crippen molar-refractivity contribution < 1.29 is 14.9 Å².